The van der Waals surface area contributed by atoms with E-state index in [4.69, 9.17) is 0 Å². The number of hydrogen-bond donors (Lipinski definition) is 1. The van der Waals surface area contributed by atoms with Gasteiger partial charge in [-0.1, -0.05) is 13.8 Å². The summed E-state index contributed by atoms with van der Waals surface area (Å²) in [7, 11) is 1.91. The Balaban J connectivity index is 2.16. The maximum absolute atomic E-state index is 12.5. The van der Waals surface area contributed by atoms with Crippen LogP contribution in [0.3, 0.4) is 0 Å². The van der Waals surface area contributed by atoms with E-state index in [9.17, 15) is 4.79 Å². The molecule has 1 amide bonds. The van der Waals surface area contributed by atoms with E-state index in [1.165, 1.54) is 0 Å². The average Bonchev–Trinajstić information content (AvgIpc) is 2.78. The predicted molar refractivity (Wildman–Crippen MR) is 76.3 cm³/mol. The molecular weight excluding hydrogens is 240 g/mol. The van der Waals surface area contributed by atoms with Gasteiger partial charge in [0.1, 0.15) is 0 Å². The van der Waals surface area contributed by atoms with Crippen molar-refractivity contribution >= 4 is 11.6 Å². The number of rotatable bonds is 5. The molecule has 1 fully saturated rings. The van der Waals surface area contributed by atoms with Crippen molar-refractivity contribution in [2.75, 3.05) is 18.0 Å². The molecule has 19 heavy (non-hydrogen) atoms. The Morgan fingerprint density at radius 2 is 2.26 bits per heavy atom. The Kier molecular flexibility index (Phi) is 4.58. The fourth-order valence-corrected chi connectivity index (χ4v) is 2.62. The number of anilines is 1. The molecule has 106 valence electrons. The number of aryl methyl sites for hydroxylation is 2. The highest BCUT2D eigenvalue weighted by molar-refractivity contribution is 5.98. The molecule has 0 spiro atoms. The van der Waals surface area contributed by atoms with Crippen LogP contribution in [-0.2, 0) is 18.3 Å². The van der Waals surface area contributed by atoms with Crippen LogP contribution in [-0.4, -0.2) is 34.8 Å². The molecule has 1 aromatic rings. The maximum Gasteiger partial charge on any atom is 0.244 e. The zero-order valence-electron chi connectivity index (χ0n) is 12.1. The maximum atomic E-state index is 12.5. The summed E-state index contributed by atoms with van der Waals surface area (Å²) in [6, 6.07) is -0.0291. The molecule has 2 heterocycles. The third-order valence-electron chi connectivity index (χ3n) is 3.59. The highest BCUT2D eigenvalue weighted by Gasteiger charge is 2.30. The van der Waals surface area contributed by atoms with Crippen molar-refractivity contribution in [2.24, 2.45) is 7.05 Å². The molecule has 1 aromatic heterocycles. The standard InChI is InChI=1S/C14H24N4O/c1-4-8-15-12-7-6-9-18(14(12)19)13-10-17(3)16-11(13)5-2/h10,12,15H,4-9H2,1-3H3. The summed E-state index contributed by atoms with van der Waals surface area (Å²) in [4.78, 5) is 14.4. The van der Waals surface area contributed by atoms with Crippen LogP contribution >= 0.6 is 0 Å². The molecule has 1 aliphatic rings. The lowest BCUT2D eigenvalue weighted by Gasteiger charge is -2.32. The first-order chi connectivity index (χ1) is 9.17. The molecule has 0 bridgehead atoms. The summed E-state index contributed by atoms with van der Waals surface area (Å²) in [5, 5.41) is 7.77. The Hall–Kier alpha value is -1.36. The molecule has 1 aliphatic heterocycles. The Morgan fingerprint density at radius 1 is 1.47 bits per heavy atom. The predicted octanol–water partition coefficient (Wildman–Crippen LogP) is 1.48. The molecule has 1 saturated heterocycles. The molecule has 5 nitrogen and oxygen atoms in total. The molecule has 1 unspecified atom stereocenters. The van der Waals surface area contributed by atoms with Crippen molar-refractivity contribution in [3.8, 4) is 0 Å². The van der Waals surface area contributed by atoms with Crippen LogP contribution in [0, 0.1) is 0 Å². The molecule has 0 aromatic carbocycles. The molecule has 1 N–H and O–H groups in total. The van der Waals surface area contributed by atoms with Crippen molar-refractivity contribution in [1.29, 1.82) is 0 Å². The van der Waals surface area contributed by atoms with Crippen LogP contribution in [0.4, 0.5) is 5.69 Å². The molecule has 5 heteroatoms. The van der Waals surface area contributed by atoms with Gasteiger partial charge in [-0.15, -0.1) is 0 Å². The van der Waals surface area contributed by atoms with Crippen molar-refractivity contribution in [1.82, 2.24) is 15.1 Å². The summed E-state index contributed by atoms with van der Waals surface area (Å²) in [5.41, 5.74) is 1.99. The Bertz CT molecular complexity index is 441. The minimum absolute atomic E-state index is 0.0291. The van der Waals surface area contributed by atoms with Crippen LogP contribution in [0.1, 0.15) is 38.8 Å². The number of carbonyl (C=O) groups excluding carboxylic acids is 1. The summed E-state index contributed by atoms with van der Waals surface area (Å²) in [6.07, 6.45) is 5.85. The van der Waals surface area contributed by atoms with Crippen LogP contribution in [0.25, 0.3) is 0 Å². The van der Waals surface area contributed by atoms with Gasteiger partial charge in [-0.3, -0.25) is 9.48 Å². The van der Waals surface area contributed by atoms with Gasteiger partial charge in [0, 0.05) is 19.8 Å². The monoisotopic (exact) mass is 264 g/mol. The second-order valence-corrected chi connectivity index (χ2v) is 5.13. The second kappa shape index (κ2) is 6.19. The molecule has 1 atom stereocenters. The normalized spacial score (nSPS) is 20.1. The third kappa shape index (κ3) is 2.97. The minimum atomic E-state index is -0.0291. The van der Waals surface area contributed by atoms with Gasteiger partial charge < -0.3 is 10.2 Å². The van der Waals surface area contributed by atoms with Crippen LogP contribution in [0.2, 0.25) is 0 Å². The molecule has 0 aliphatic carbocycles. The quantitative estimate of drug-likeness (QED) is 0.876. The van der Waals surface area contributed by atoms with Gasteiger partial charge in [-0.05, 0) is 32.2 Å². The number of aromatic nitrogens is 2. The van der Waals surface area contributed by atoms with Gasteiger partial charge in [0.25, 0.3) is 0 Å². The van der Waals surface area contributed by atoms with Gasteiger partial charge >= 0.3 is 0 Å². The summed E-state index contributed by atoms with van der Waals surface area (Å²) in [5.74, 6) is 0.197. The Labute approximate surface area is 115 Å². The van der Waals surface area contributed by atoms with E-state index in [1.807, 2.05) is 18.1 Å². The topological polar surface area (TPSA) is 50.2 Å². The fraction of sp³-hybridized carbons (Fsp3) is 0.714. The lowest BCUT2D eigenvalue weighted by atomic mass is 10.0. The zero-order chi connectivity index (χ0) is 13.8. The number of hydrogen-bond acceptors (Lipinski definition) is 3. The summed E-state index contributed by atoms with van der Waals surface area (Å²) >= 11 is 0. The van der Waals surface area contributed by atoms with E-state index in [2.05, 4.69) is 24.3 Å². The smallest absolute Gasteiger partial charge is 0.244 e. The van der Waals surface area contributed by atoms with Crippen LogP contribution < -0.4 is 10.2 Å². The summed E-state index contributed by atoms with van der Waals surface area (Å²) in [6.45, 7) is 5.90. The largest absolute Gasteiger partial charge is 0.308 e. The minimum Gasteiger partial charge on any atom is -0.308 e. The van der Waals surface area contributed by atoms with E-state index < -0.39 is 0 Å². The first kappa shape index (κ1) is 14.1. The summed E-state index contributed by atoms with van der Waals surface area (Å²) < 4.78 is 1.80. The number of nitrogens with one attached hydrogen (secondary N) is 1. The van der Waals surface area contributed by atoms with Gasteiger partial charge in [0.2, 0.25) is 5.91 Å². The van der Waals surface area contributed by atoms with Gasteiger partial charge in [-0.25, -0.2) is 0 Å². The van der Waals surface area contributed by atoms with Gasteiger partial charge in [0.05, 0.1) is 17.4 Å². The lowest BCUT2D eigenvalue weighted by Crippen LogP contribution is -2.51. The highest BCUT2D eigenvalue weighted by atomic mass is 16.2. The third-order valence-corrected chi connectivity index (χ3v) is 3.59. The molecular formula is C14H24N4O. The lowest BCUT2D eigenvalue weighted by molar-refractivity contribution is -0.121. The fourth-order valence-electron chi connectivity index (χ4n) is 2.62. The average molecular weight is 264 g/mol. The van der Waals surface area contributed by atoms with E-state index in [0.29, 0.717) is 0 Å². The molecule has 0 saturated carbocycles. The number of nitrogens with zero attached hydrogens (tertiary/aromatic N) is 3. The van der Waals surface area contributed by atoms with Gasteiger partial charge in [0.15, 0.2) is 0 Å². The number of carbonyl (C=O) groups is 1. The highest BCUT2D eigenvalue weighted by Crippen LogP contribution is 2.24. The van der Waals surface area contributed by atoms with Crippen molar-refractivity contribution in [3.05, 3.63) is 11.9 Å². The first-order valence-corrected chi connectivity index (χ1v) is 7.24. The van der Waals surface area contributed by atoms with Crippen LogP contribution in [0.15, 0.2) is 6.20 Å². The van der Waals surface area contributed by atoms with Crippen molar-refractivity contribution in [3.63, 3.8) is 0 Å². The van der Waals surface area contributed by atoms with Gasteiger partial charge in [-0.2, -0.15) is 5.10 Å². The first-order valence-electron chi connectivity index (χ1n) is 7.24. The van der Waals surface area contributed by atoms with Crippen molar-refractivity contribution < 1.29 is 4.79 Å². The number of amides is 1. The van der Waals surface area contributed by atoms with E-state index in [-0.39, 0.29) is 11.9 Å². The van der Waals surface area contributed by atoms with E-state index in [1.54, 1.807) is 4.68 Å². The second-order valence-electron chi connectivity index (χ2n) is 5.13. The molecule has 2 rings (SSSR count). The van der Waals surface area contributed by atoms with Crippen LogP contribution in [0.5, 0.6) is 0 Å². The Morgan fingerprint density at radius 3 is 2.95 bits per heavy atom. The van der Waals surface area contributed by atoms with E-state index in [0.717, 1.165) is 50.2 Å². The van der Waals surface area contributed by atoms with E-state index >= 15 is 0 Å². The molecule has 0 radical (unpaired) electrons. The number of piperidine rings is 1. The SMILES string of the molecule is CCCNC1CCCN(c2cn(C)nc2CC)C1=O. The van der Waals surface area contributed by atoms with Crippen molar-refractivity contribution in [2.45, 2.75) is 45.6 Å². The zero-order valence-corrected chi connectivity index (χ0v) is 12.1.